The van der Waals surface area contributed by atoms with E-state index in [1.165, 1.54) is 5.56 Å². The molecule has 1 N–H and O–H groups in total. The number of hydrogen-bond donors (Lipinski definition) is 1. The number of hydrogen-bond acceptors (Lipinski definition) is 1. The van der Waals surface area contributed by atoms with Crippen LogP contribution < -0.4 is 5.32 Å². The summed E-state index contributed by atoms with van der Waals surface area (Å²) in [6.07, 6.45) is 8.17. The zero-order valence-corrected chi connectivity index (χ0v) is 11.1. The smallest absolute Gasteiger partial charge is 0.243 e. The average Bonchev–Trinajstić information content (AvgIpc) is 2.37. The van der Waals surface area contributed by atoms with Crippen molar-refractivity contribution >= 4 is 5.91 Å². The minimum atomic E-state index is -0.0342. The molecule has 0 bridgehead atoms. The maximum atomic E-state index is 11.3. The van der Waals surface area contributed by atoms with Crippen molar-refractivity contribution in [1.82, 2.24) is 5.32 Å². The van der Waals surface area contributed by atoms with Gasteiger partial charge >= 0.3 is 0 Å². The van der Waals surface area contributed by atoms with E-state index in [9.17, 15) is 4.79 Å². The SMILES string of the molecule is CC(C)CNC(=O)/C=C/C=C/Cc1ccccc1. The van der Waals surface area contributed by atoms with Crippen molar-refractivity contribution in [2.24, 2.45) is 5.92 Å². The lowest BCUT2D eigenvalue weighted by atomic mass is 10.1. The number of carbonyl (C=O) groups excluding carboxylic acids is 1. The van der Waals surface area contributed by atoms with Crippen molar-refractivity contribution in [3.63, 3.8) is 0 Å². The zero-order chi connectivity index (χ0) is 13.2. The van der Waals surface area contributed by atoms with Crippen LogP contribution in [0.4, 0.5) is 0 Å². The van der Waals surface area contributed by atoms with Crippen LogP contribution in [0.3, 0.4) is 0 Å². The van der Waals surface area contributed by atoms with Gasteiger partial charge in [0.15, 0.2) is 0 Å². The first-order valence-electron chi connectivity index (χ1n) is 6.33. The van der Waals surface area contributed by atoms with Crippen molar-refractivity contribution < 1.29 is 4.79 Å². The van der Waals surface area contributed by atoms with E-state index in [1.807, 2.05) is 30.4 Å². The highest BCUT2D eigenvalue weighted by Gasteiger charge is 1.95. The number of carbonyl (C=O) groups is 1. The normalized spacial score (nSPS) is 11.5. The molecule has 0 aliphatic carbocycles. The van der Waals surface area contributed by atoms with Gasteiger partial charge in [-0.05, 0) is 17.9 Å². The first-order valence-corrected chi connectivity index (χ1v) is 6.33. The predicted octanol–water partition coefficient (Wildman–Crippen LogP) is 3.11. The topological polar surface area (TPSA) is 29.1 Å². The molecule has 0 aromatic heterocycles. The molecule has 96 valence electrons. The lowest BCUT2D eigenvalue weighted by molar-refractivity contribution is -0.116. The van der Waals surface area contributed by atoms with Crippen LogP contribution in [0.1, 0.15) is 19.4 Å². The van der Waals surface area contributed by atoms with Gasteiger partial charge in [-0.3, -0.25) is 4.79 Å². The van der Waals surface area contributed by atoms with Crippen LogP contribution in [0.2, 0.25) is 0 Å². The fourth-order valence-corrected chi connectivity index (χ4v) is 1.40. The number of rotatable bonds is 6. The first kappa shape index (κ1) is 14.2. The van der Waals surface area contributed by atoms with E-state index in [0.29, 0.717) is 5.92 Å². The Morgan fingerprint density at radius 3 is 2.61 bits per heavy atom. The Morgan fingerprint density at radius 1 is 1.22 bits per heavy atom. The summed E-state index contributed by atoms with van der Waals surface area (Å²) in [5.41, 5.74) is 1.27. The highest BCUT2D eigenvalue weighted by atomic mass is 16.1. The zero-order valence-electron chi connectivity index (χ0n) is 11.1. The average molecular weight is 243 g/mol. The van der Waals surface area contributed by atoms with Gasteiger partial charge in [0.05, 0.1) is 0 Å². The number of benzene rings is 1. The van der Waals surface area contributed by atoms with E-state index < -0.39 is 0 Å². The molecule has 1 aromatic carbocycles. The van der Waals surface area contributed by atoms with Gasteiger partial charge in [-0.1, -0.05) is 62.4 Å². The third kappa shape index (κ3) is 6.69. The van der Waals surface area contributed by atoms with Crippen LogP contribution in [0.25, 0.3) is 0 Å². The van der Waals surface area contributed by atoms with E-state index in [-0.39, 0.29) is 5.91 Å². The van der Waals surface area contributed by atoms with E-state index in [0.717, 1.165) is 13.0 Å². The fraction of sp³-hybridized carbons (Fsp3) is 0.312. The molecule has 0 atom stereocenters. The van der Waals surface area contributed by atoms with E-state index >= 15 is 0 Å². The van der Waals surface area contributed by atoms with Crippen molar-refractivity contribution in [2.75, 3.05) is 6.54 Å². The van der Waals surface area contributed by atoms with Crippen LogP contribution in [0, 0.1) is 5.92 Å². The predicted molar refractivity (Wildman–Crippen MR) is 76.3 cm³/mol. The molecule has 0 spiro atoms. The first-order chi connectivity index (χ1) is 8.68. The Hall–Kier alpha value is -1.83. The highest BCUT2D eigenvalue weighted by Crippen LogP contribution is 1.99. The van der Waals surface area contributed by atoms with Gasteiger partial charge in [-0.15, -0.1) is 0 Å². The summed E-state index contributed by atoms with van der Waals surface area (Å²) in [4.78, 5) is 11.3. The molecule has 1 amide bonds. The van der Waals surface area contributed by atoms with Crippen molar-refractivity contribution in [2.45, 2.75) is 20.3 Å². The largest absolute Gasteiger partial charge is 0.352 e. The Kier molecular flexibility index (Phi) is 6.55. The summed E-state index contributed by atoms with van der Waals surface area (Å²) in [7, 11) is 0. The summed E-state index contributed by atoms with van der Waals surface area (Å²) >= 11 is 0. The van der Waals surface area contributed by atoms with Crippen molar-refractivity contribution in [3.05, 3.63) is 60.2 Å². The second-order valence-electron chi connectivity index (χ2n) is 4.62. The molecule has 0 saturated heterocycles. The van der Waals surface area contributed by atoms with Crippen LogP contribution in [-0.4, -0.2) is 12.5 Å². The summed E-state index contributed by atoms with van der Waals surface area (Å²) in [5, 5.41) is 2.83. The van der Waals surface area contributed by atoms with E-state index in [4.69, 9.17) is 0 Å². The lowest BCUT2D eigenvalue weighted by Gasteiger charge is -2.03. The van der Waals surface area contributed by atoms with Gasteiger partial charge in [0, 0.05) is 12.6 Å². The van der Waals surface area contributed by atoms with Gasteiger partial charge in [0.1, 0.15) is 0 Å². The molecular weight excluding hydrogens is 222 g/mol. The Bertz CT molecular complexity index is 404. The third-order valence-electron chi connectivity index (χ3n) is 2.38. The van der Waals surface area contributed by atoms with E-state index in [1.54, 1.807) is 12.2 Å². The molecule has 0 saturated carbocycles. The number of amides is 1. The lowest BCUT2D eigenvalue weighted by Crippen LogP contribution is -2.25. The van der Waals surface area contributed by atoms with Gasteiger partial charge in [-0.2, -0.15) is 0 Å². The van der Waals surface area contributed by atoms with E-state index in [2.05, 4.69) is 31.3 Å². The minimum Gasteiger partial charge on any atom is -0.352 e. The second kappa shape index (κ2) is 8.29. The van der Waals surface area contributed by atoms with Crippen molar-refractivity contribution in [3.8, 4) is 0 Å². The molecular formula is C16H21NO. The molecule has 2 nitrogen and oxygen atoms in total. The minimum absolute atomic E-state index is 0.0342. The molecule has 18 heavy (non-hydrogen) atoms. The Balaban J connectivity index is 2.25. The molecule has 0 aliphatic rings. The van der Waals surface area contributed by atoms with Crippen LogP contribution in [0.15, 0.2) is 54.6 Å². The Morgan fingerprint density at radius 2 is 1.94 bits per heavy atom. The maximum Gasteiger partial charge on any atom is 0.243 e. The molecule has 0 fully saturated rings. The standard InChI is InChI=1S/C16H21NO/c1-14(2)13-17-16(18)12-8-4-7-11-15-9-5-3-6-10-15/h3-10,12,14H,11,13H2,1-2H3,(H,17,18)/b7-4+,12-8+. The van der Waals surface area contributed by atoms with Gasteiger partial charge in [-0.25, -0.2) is 0 Å². The summed E-state index contributed by atoms with van der Waals surface area (Å²) in [5.74, 6) is 0.448. The molecule has 2 heteroatoms. The van der Waals surface area contributed by atoms with Gasteiger partial charge in [0.25, 0.3) is 0 Å². The fourth-order valence-electron chi connectivity index (χ4n) is 1.40. The quantitative estimate of drug-likeness (QED) is 0.603. The van der Waals surface area contributed by atoms with Gasteiger partial charge in [0.2, 0.25) is 5.91 Å². The third-order valence-corrected chi connectivity index (χ3v) is 2.38. The van der Waals surface area contributed by atoms with Crippen molar-refractivity contribution in [1.29, 1.82) is 0 Å². The second-order valence-corrected chi connectivity index (χ2v) is 4.62. The van der Waals surface area contributed by atoms with Crippen LogP contribution >= 0.6 is 0 Å². The molecule has 1 aromatic rings. The molecule has 0 unspecified atom stereocenters. The molecule has 1 rings (SSSR count). The molecule has 0 radical (unpaired) electrons. The summed E-state index contributed by atoms with van der Waals surface area (Å²) in [6, 6.07) is 10.2. The number of nitrogens with one attached hydrogen (secondary N) is 1. The van der Waals surface area contributed by atoms with Crippen LogP contribution in [-0.2, 0) is 11.2 Å². The Labute approximate surface area is 109 Å². The molecule has 0 heterocycles. The maximum absolute atomic E-state index is 11.3. The molecule has 0 aliphatic heterocycles. The summed E-state index contributed by atoms with van der Waals surface area (Å²) in [6.45, 7) is 4.87. The van der Waals surface area contributed by atoms with Crippen LogP contribution in [0.5, 0.6) is 0 Å². The van der Waals surface area contributed by atoms with Gasteiger partial charge < -0.3 is 5.32 Å². The highest BCUT2D eigenvalue weighted by molar-refractivity contribution is 5.87. The monoisotopic (exact) mass is 243 g/mol. The number of allylic oxidation sites excluding steroid dienone is 3. The summed E-state index contributed by atoms with van der Waals surface area (Å²) < 4.78 is 0.